The molecule has 0 radical (unpaired) electrons. The molecule has 12 rings (SSSR count). The lowest BCUT2D eigenvalue weighted by atomic mass is 9.91. The van der Waals surface area contributed by atoms with Crippen LogP contribution in [0.3, 0.4) is 0 Å². The Balaban J connectivity index is 1.04. The van der Waals surface area contributed by atoms with Gasteiger partial charge in [0.15, 0.2) is 0 Å². The van der Waals surface area contributed by atoms with Gasteiger partial charge in [0.2, 0.25) is 0 Å². The molecule has 8 nitrogen and oxygen atoms in total. The summed E-state index contributed by atoms with van der Waals surface area (Å²) in [5, 5.41) is 5.71. The molecule has 0 saturated carbocycles. The molecular weight excluding hydrogens is 781 g/mol. The van der Waals surface area contributed by atoms with Crippen LogP contribution >= 0.6 is 46.5 Å². The van der Waals surface area contributed by atoms with Crippen molar-refractivity contribution < 1.29 is 0 Å². The Morgan fingerprint density at radius 3 is 1.70 bits per heavy atom. The molecule has 0 N–H and O–H groups in total. The first-order valence-electron chi connectivity index (χ1n) is 18.2. The molecule has 0 spiro atoms. The van der Waals surface area contributed by atoms with E-state index in [0.717, 1.165) is 88.5 Å². The lowest BCUT2D eigenvalue weighted by Crippen LogP contribution is -2.12. The van der Waals surface area contributed by atoms with Crippen LogP contribution in [0.2, 0.25) is 0 Å². The number of benzene rings is 8. The second-order valence-electron chi connectivity index (χ2n) is 13.7. The number of fused-ring (bicyclic) bond motifs is 6. The fourth-order valence-corrected chi connectivity index (χ4v) is 10.6. The molecule has 0 saturated heterocycles. The molecule has 0 aliphatic heterocycles. The third-order valence-corrected chi connectivity index (χ3v) is 13.2. The van der Waals surface area contributed by atoms with E-state index in [1.165, 1.54) is 61.4 Å². The van der Waals surface area contributed by atoms with Crippen molar-refractivity contribution in [3.8, 4) is 32.8 Å². The van der Waals surface area contributed by atoms with Gasteiger partial charge in [-0.2, -0.15) is 26.2 Å². The van der Waals surface area contributed by atoms with Crippen LogP contribution in [0.4, 0.5) is 17.1 Å². The van der Waals surface area contributed by atoms with E-state index in [0.29, 0.717) is 0 Å². The van der Waals surface area contributed by atoms with Crippen LogP contribution in [0.15, 0.2) is 146 Å². The average molecular weight is 805 g/mol. The van der Waals surface area contributed by atoms with Gasteiger partial charge in [-0.15, -0.1) is 11.3 Å². The van der Waals surface area contributed by atoms with Crippen LogP contribution in [0, 0.1) is 0 Å². The van der Waals surface area contributed by atoms with Crippen molar-refractivity contribution in [2.75, 3.05) is 4.90 Å². The summed E-state index contributed by atoms with van der Waals surface area (Å²) >= 11 is 5.34. The molecule has 268 valence electrons. The number of thiazole rings is 1. The van der Waals surface area contributed by atoms with E-state index < -0.39 is 0 Å². The van der Waals surface area contributed by atoms with Gasteiger partial charge in [-0.3, -0.25) is 0 Å². The van der Waals surface area contributed by atoms with Crippen LogP contribution in [0.25, 0.3) is 97.7 Å². The minimum absolute atomic E-state index is 0.786. The predicted octanol–water partition coefficient (Wildman–Crippen LogP) is 13.1. The number of rotatable bonds is 6. The number of para-hydroxylation sites is 1. The summed E-state index contributed by atoms with van der Waals surface area (Å²) in [5.74, 6) is 0. The quantitative estimate of drug-likeness (QED) is 0.153. The summed E-state index contributed by atoms with van der Waals surface area (Å²) < 4.78 is 30.4. The van der Waals surface area contributed by atoms with Gasteiger partial charge >= 0.3 is 0 Å². The van der Waals surface area contributed by atoms with E-state index in [2.05, 4.69) is 137 Å². The van der Waals surface area contributed by atoms with Crippen molar-refractivity contribution in [3.63, 3.8) is 0 Å². The Morgan fingerprint density at radius 2 is 0.965 bits per heavy atom. The second-order valence-corrected chi connectivity index (χ2v) is 16.3. The normalized spacial score (nSPS) is 11.9. The minimum atomic E-state index is 0.786. The number of anilines is 3. The van der Waals surface area contributed by atoms with Crippen molar-refractivity contribution in [1.82, 2.24) is 31.2 Å². The van der Waals surface area contributed by atoms with Crippen molar-refractivity contribution in [2.45, 2.75) is 0 Å². The number of nitrogens with zero attached hydrogens (tertiary/aromatic N) is 8. The Morgan fingerprint density at radius 1 is 0.404 bits per heavy atom. The molecule has 4 heterocycles. The maximum atomic E-state index is 5.00. The smallest absolute Gasteiger partial charge is 0.129 e. The topological polar surface area (TPSA) is 93.5 Å². The van der Waals surface area contributed by atoms with E-state index in [9.17, 15) is 0 Å². The van der Waals surface area contributed by atoms with Crippen LogP contribution in [0.5, 0.6) is 0 Å². The predicted molar refractivity (Wildman–Crippen MR) is 239 cm³/mol. The van der Waals surface area contributed by atoms with Crippen molar-refractivity contribution in [2.24, 2.45) is 0 Å². The van der Waals surface area contributed by atoms with Gasteiger partial charge in [-0.25, -0.2) is 4.98 Å². The molecule has 12 aromatic rings. The lowest BCUT2D eigenvalue weighted by molar-refractivity contribution is 1.31. The zero-order valence-electron chi connectivity index (χ0n) is 29.6. The van der Waals surface area contributed by atoms with E-state index in [1.807, 2.05) is 18.2 Å². The zero-order valence-corrected chi connectivity index (χ0v) is 32.8. The lowest BCUT2D eigenvalue weighted by Gasteiger charge is -2.26. The first-order chi connectivity index (χ1) is 28.3. The van der Waals surface area contributed by atoms with Crippen LogP contribution in [-0.4, -0.2) is 31.2 Å². The summed E-state index contributed by atoms with van der Waals surface area (Å²) in [4.78, 5) is 7.09. The van der Waals surface area contributed by atoms with Gasteiger partial charge in [-0.1, -0.05) is 91.0 Å². The average Bonchev–Trinajstić information content (AvgIpc) is 4.10. The molecule has 4 aromatic heterocycles. The van der Waals surface area contributed by atoms with Gasteiger partial charge < -0.3 is 4.90 Å². The van der Waals surface area contributed by atoms with Gasteiger partial charge in [0.1, 0.15) is 38.1 Å². The zero-order chi connectivity index (χ0) is 37.5. The highest BCUT2D eigenvalue weighted by Gasteiger charge is 2.27. The molecule has 8 aromatic carbocycles. The minimum Gasteiger partial charge on any atom is -0.304 e. The number of hydrogen-bond donors (Lipinski definition) is 0. The maximum Gasteiger partial charge on any atom is 0.129 e. The van der Waals surface area contributed by atoms with E-state index in [4.69, 9.17) is 26.9 Å². The van der Waals surface area contributed by atoms with Gasteiger partial charge in [0, 0.05) is 16.7 Å². The second kappa shape index (κ2) is 13.0. The molecule has 57 heavy (non-hydrogen) atoms. The van der Waals surface area contributed by atoms with Gasteiger partial charge in [0.25, 0.3) is 0 Å². The van der Waals surface area contributed by atoms with Crippen molar-refractivity contribution in [3.05, 3.63) is 146 Å². The third-order valence-electron chi connectivity index (χ3n) is 10.6. The van der Waals surface area contributed by atoms with Crippen molar-refractivity contribution in [1.29, 1.82) is 0 Å². The maximum absolute atomic E-state index is 5.00. The summed E-state index contributed by atoms with van der Waals surface area (Å²) in [6.45, 7) is 0. The molecule has 0 fully saturated rings. The fraction of sp³-hybridized carbons (Fsp3) is 0. The SMILES string of the molecule is c1ccc2c(-c3ccc(N(c4cccc5nsnc45)c4ccc(-c5ccc(-c6nc7ccccc7s6)cc5)c5nsnc45)c4nsnc34)c3ccccc3cc2c1. The van der Waals surface area contributed by atoms with Crippen molar-refractivity contribution >= 4 is 128 Å². The molecule has 0 atom stereocenters. The Labute approximate surface area is 341 Å². The highest BCUT2D eigenvalue weighted by Crippen LogP contribution is 2.48. The van der Waals surface area contributed by atoms with Crippen LogP contribution < -0.4 is 4.90 Å². The number of hydrogen-bond acceptors (Lipinski definition) is 12. The molecule has 0 unspecified atom stereocenters. The monoisotopic (exact) mass is 804 g/mol. The molecule has 0 amide bonds. The standard InChI is InChI=1S/C45H24N8S4/c1-3-10-29-27(8-1)24-28-9-2-4-11-30(28)39(29)32-21-23-37(44-41(32)49-57-52-44)53(35-14-7-13-34-42(35)50-55-47-34)36-22-20-31(40-43(36)51-56-48-40)25-16-18-26(19-17-25)45-46-33-12-5-6-15-38(33)54-45/h1-24H. The van der Waals surface area contributed by atoms with Crippen LogP contribution in [-0.2, 0) is 0 Å². The van der Waals surface area contributed by atoms with E-state index in [-0.39, 0.29) is 0 Å². The largest absolute Gasteiger partial charge is 0.304 e. The van der Waals surface area contributed by atoms with Crippen LogP contribution in [0.1, 0.15) is 0 Å². The molecule has 12 heteroatoms. The summed E-state index contributed by atoms with van der Waals surface area (Å²) in [7, 11) is 0. The summed E-state index contributed by atoms with van der Waals surface area (Å²) in [6, 6.07) is 51.0. The molecule has 0 aliphatic rings. The Kier molecular flexibility index (Phi) is 7.45. The fourth-order valence-electron chi connectivity index (χ4n) is 7.96. The Hall–Kier alpha value is -6.57. The molecular formula is C45H24N8S4. The highest BCUT2D eigenvalue weighted by molar-refractivity contribution is 7.21. The third kappa shape index (κ3) is 5.19. The molecule has 0 bridgehead atoms. The van der Waals surface area contributed by atoms with Gasteiger partial charge in [0.05, 0.1) is 62.5 Å². The number of aromatic nitrogens is 7. The first kappa shape index (κ1) is 32.7. The van der Waals surface area contributed by atoms with E-state index >= 15 is 0 Å². The molecule has 0 aliphatic carbocycles. The van der Waals surface area contributed by atoms with Gasteiger partial charge in [-0.05, 0) is 87.3 Å². The first-order valence-corrected chi connectivity index (χ1v) is 21.2. The summed E-state index contributed by atoms with van der Waals surface area (Å²) in [5.41, 5.74) is 13.8. The highest BCUT2D eigenvalue weighted by atomic mass is 32.1. The summed E-state index contributed by atoms with van der Waals surface area (Å²) in [6.07, 6.45) is 0. The van der Waals surface area contributed by atoms with E-state index in [1.54, 1.807) is 11.3 Å². The Bertz CT molecular complexity index is 3420.